The predicted molar refractivity (Wildman–Crippen MR) is 257 cm³/mol. The number of thiazole rings is 1. The van der Waals surface area contributed by atoms with Gasteiger partial charge in [-0.1, -0.05) is 47.7 Å². The lowest BCUT2D eigenvalue weighted by Crippen LogP contribution is -2.58. The quantitative estimate of drug-likeness (QED) is 0.0874. The minimum atomic E-state index is -3.65. The van der Waals surface area contributed by atoms with Crippen molar-refractivity contribution in [3.63, 3.8) is 0 Å². The van der Waals surface area contributed by atoms with Crippen LogP contribution in [0.5, 0.6) is 5.75 Å². The molecular weight excluding hydrogens is 888 g/mol. The van der Waals surface area contributed by atoms with Gasteiger partial charge in [0.15, 0.2) is 5.13 Å². The Morgan fingerprint density at radius 1 is 0.910 bits per heavy atom. The van der Waals surface area contributed by atoms with E-state index >= 15 is 4.57 Å². The Balaban J connectivity index is 0.869. The Labute approximate surface area is 393 Å². The van der Waals surface area contributed by atoms with Gasteiger partial charge in [0.05, 0.1) is 29.1 Å². The number of pyridine rings is 1. The molecule has 0 radical (unpaired) electrons. The number of amides is 1. The molecule has 6 aliphatic rings. The van der Waals surface area contributed by atoms with Crippen LogP contribution in [-0.4, -0.2) is 84.9 Å². The zero-order valence-corrected chi connectivity index (χ0v) is 39.7. The first-order chi connectivity index (χ1) is 32.3. The second kappa shape index (κ2) is 17.5. The van der Waals surface area contributed by atoms with E-state index in [2.05, 4.69) is 32.9 Å². The van der Waals surface area contributed by atoms with Crippen LogP contribution >= 0.6 is 18.7 Å². The second-order valence-corrected chi connectivity index (χ2v) is 23.3. The molecule has 4 saturated carbocycles. The van der Waals surface area contributed by atoms with Gasteiger partial charge in [-0.25, -0.2) is 9.97 Å². The maximum absolute atomic E-state index is 15.2. The largest absolute Gasteiger partial charge is 0.462 e. The maximum atomic E-state index is 15.2. The van der Waals surface area contributed by atoms with E-state index in [0.717, 1.165) is 62.5 Å². The topological polar surface area (TPSA) is 181 Å². The van der Waals surface area contributed by atoms with E-state index in [1.807, 2.05) is 54.7 Å². The van der Waals surface area contributed by atoms with Gasteiger partial charge in [-0.2, -0.15) is 5.10 Å². The van der Waals surface area contributed by atoms with Crippen molar-refractivity contribution in [1.82, 2.24) is 19.7 Å². The first-order valence-corrected chi connectivity index (χ1v) is 26.4. The molecule has 3 aromatic heterocycles. The molecule has 1 amide bonds. The first kappa shape index (κ1) is 44.5. The third kappa shape index (κ3) is 8.62. The van der Waals surface area contributed by atoms with Crippen LogP contribution in [0.25, 0.3) is 21.3 Å². The number of fused-ring (bicyclic) bond motifs is 2. The van der Waals surface area contributed by atoms with Gasteiger partial charge in [-0.05, 0) is 141 Å². The molecule has 4 aliphatic carbocycles. The molecule has 67 heavy (non-hydrogen) atoms. The van der Waals surface area contributed by atoms with Gasteiger partial charge >= 0.3 is 0 Å². The molecule has 5 fully saturated rings. The number of para-hydroxylation sites is 1. The van der Waals surface area contributed by atoms with E-state index in [4.69, 9.17) is 24.1 Å². The summed E-state index contributed by atoms with van der Waals surface area (Å²) in [5, 5.41) is 39.4. The van der Waals surface area contributed by atoms with Crippen LogP contribution in [-0.2, 0) is 39.9 Å². The summed E-state index contributed by atoms with van der Waals surface area (Å²) in [5.41, 5.74) is 7.40. The molecular formula is C51H57N6O8PS. The third-order valence-corrected chi connectivity index (χ3v) is 17.8. The lowest BCUT2D eigenvalue weighted by atomic mass is 9.49. The monoisotopic (exact) mass is 944 g/mol. The Bertz CT molecular complexity index is 2820. The van der Waals surface area contributed by atoms with Gasteiger partial charge in [0.25, 0.3) is 5.91 Å². The highest BCUT2D eigenvalue weighted by Gasteiger charge is 2.51. The number of aliphatic hydroxyl groups excluding tert-OH is 3. The normalized spacial score (nSPS) is 28.6. The fourth-order valence-electron chi connectivity index (χ4n) is 12.1. The van der Waals surface area contributed by atoms with E-state index in [0.29, 0.717) is 52.8 Å². The molecule has 0 spiro atoms. The van der Waals surface area contributed by atoms with Crippen molar-refractivity contribution in [2.24, 2.45) is 23.2 Å². The van der Waals surface area contributed by atoms with E-state index in [9.17, 15) is 20.1 Å². The van der Waals surface area contributed by atoms with Crippen molar-refractivity contribution in [1.29, 1.82) is 0 Å². The number of rotatable bonds is 12. The number of hydrogen-bond acceptors (Lipinski definition) is 13. The average molecular weight is 945 g/mol. The van der Waals surface area contributed by atoms with E-state index in [-0.39, 0.29) is 17.9 Å². The van der Waals surface area contributed by atoms with Crippen LogP contribution in [0, 0.1) is 30.1 Å². The maximum Gasteiger partial charge on any atom is 0.257 e. The molecule has 2 aliphatic heterocycles. The van der Waals surface area contributed by atoms with E-state index in [1.54, 1.807) is 37.9 Å². The predicted octanol–water partition coefficient (Wildman–Crippen LogP) is 7.85. The number of hydrogen-bond donors (Lipinski definition) is 4. The molecule has 4 N–H and O–H groups in total. The molecule has 14 nitrogen and oxygen atoms in total. The molecule has 3 aromatic carbocycles. The SMILES string of the molecule is Cc1c(-c2ccc(N3CCc4cccc(C(=O)Nc5nc6ccccc6s5)c4C3)nc2P(C)(=O)OCc2ccc(O[C@@H]3O[C@@H](C)[C@@H](O)[C@@H](O)[C@@H]3O)cc2)cnn1CC12CC3CC(CC(C3)C1)C2. The molecule has 4 bridgehead atoms. The molecule has 16 heteroatoms. The number of aromatic nitrogens is 4. The van der Waals surface area contributed by atoms with Crippen molar-refractivity contribution >= 4 is 51.2 Å². The van der Waals surface area contributed by atoms with E-state index < -0.39 is 38.1 Å². The summed E-state index contributed by atoms with van der Waals surface area (Å²) in [5.74, 6) is 3.27. The van der Waals surface area contributed by atoms with Crippen molar-refractivity contribution in [3.05, 3.63) is 113 Å². The Kier molecular flexibility index (Phi) is 11.6. The van der Waals surface area contributed by atoms with E-state index in [1.165, 1.54) is 49.9 Å². The highest BCUT2D eigenvalue weighted by molar-refractivity contribution is 7.66. The van der Waals surface area contributed by atoms with Crippen molar-refractivity contribution in [2.45, 2.75) is 109 Å². The highest BCUT2D eigenvalue weighted by atomic mass is 32.1. The van der Waals surface area contributed by atoms with Crippen molar-refractivity contribution in [3.8, 4) is 16.9 Å². The summed E-state index contributed by atoms with van der Waals surface area (Å²) in [6.45, 7) is 7.30. The van der Waals surface area contributed by atoms with Crippen LogP contribution in [0.15, 0.2) is 85.1 Å². The highest BCUT2D eigenvalue weighted by Crippen LogP contribution is 2.60. The standard InChI is InChI=1S/C51H57N6O8PS/c1-29-39(25-52-57(29)28-51-22-32-19-33(23-51)21-34(20-32)24-51)38-15-16-43(56-18-17-35-7-6-8-37(40(35)26-56)47(61)55-50-53-41-9-4-5-10-42(41)67-50)54-48(38)66(3,62)63-27-31-11-13-36(14-12-31)65-49-46(60)45(59)44(58)30(2)64-49/h4-16,25,30,32-34,44-46,49,58-60H,17-24,26-28H2,1-3H3,(H,53,55,61)/t30-,32?,33?,34?,44+,45+,46-,49-,51?,66?/m0/s1. The van der Waals surface area contributed by atoms with Crippen molar-refractivity contribution in [2.75, 3.05) is 23.4 Å². The van der Waals surface area contributed by atoms with Crippen LogP contribution in [0.4, 0.5) is 10.9 Å². The number of carbonyl (C=O) groups excluding carboxylic acids is 1. The number of anilines is 2. The zero-order valence-electron chi connectivity index (χ0n) is 38.0. The smallest absolute Gasteiger partial charge is 0.257 e. The van der Waals surface area contributed by atoms with Gasteiger partial charge in [-0.3, -0.25) is 19.4 Å². The van der Waals surface area contributed by atoms with Crippen LogP contribution in [0.3, 0.4) is 0 Å². The Morgan fingerprint density at radius 3 is 2.40 bits per heavy atom. The molecule has 12 rings (SSSR count). The summed E-state index contributed by atoms with van der Waals surface area (Å²) >= 11 is 1.44. The molecule has 6 aromatic rings. The minimum Gasteiger partial charge on any atom is -0.462 e. The van der Waals surface area contributed by atoms with Gasteiger partial charge in [-0.15, -0.1) is 0 Å². The first-order valence-electron chi connectivity index (χ1n) is 23.5. The van der Waals surface area contributed by atoms with Crippen LogP contribution in [0.2, 0.25) is 0 Å². The van der Waals surface area contributed by atoms with Crippen LogP contribution < -0.4 is 20.4 Å². The molecule has 6 atom stereocenters. The Hall–Kier alpha value is -4.99. The minimum absolute atomic E-state index is 0.0123. The average Bonchev–Trinajstić information content (AvgIpc) is 3.90. The summed E-state index contributed by atoms with van der Waals surface area (Å²) in [7, 11) is -3.65. The molecule has 1 unspecified atom stereocenters. The lowest BCUT2D eigenvalue weighted by molar-refractivity contribution is -0.268. The number of nitrogens with one attached hydrogen (secondary N) is 1. The lowest BCUT2D eigenvalue weighted by Gasteiger charge is -2.56. The number of nitrogens with zero attached hydrogens (tertiary/aromatic N) is 5. The summed E-state index contributed by atoms with van der Waals surface area (Å²) in [4.78, 5) is 25.9. The van der Waals surface area contributed by atoms with Crippen LogP contribution in [0.1, 0.15) is 78.2 Å². The fourth-order valence-corrected chi connectivity index (χ4v) is 14.3. The number of carbonyl (C=O) groups is 1. The molecule has 350 valence electrons. The Morgan fingerprint density at radius 2 is 1.66 bits per heavy atom. The number of benzene rings is 3. The molecule has 1 saturated heterocycles. The molecule has 5 heterocycles. The fraction of sp³-hybridized carbons (Fsp3) is 0.451. The van der Waals surface area contributed by atoms with Gasteiger partial charge in [0.1, 0.15) is 35.3 Å². The number of aliphatic hydroxyl groups is 3. The summed E-state index contributed by atoms with van der Waals surface area (Å²) < 4.78 is 36.2. The third-order valence-electron chi connectivity index (χ3n) is 15.1. The number of ether oxygens (including phenoxy) is 2. The van der Waals surface area contributed by atoms with Gasteiger partial charge < -0.3 is 34.2 Å². The summed E-state index contributed by atoms with van der Waals surface area (Å²) in [6.07, 6.45) is 4.54. The van der Waals surface area contributed by atoms with Gasteiger partial charge in [0.2, 0.25) is 13.7 Å². The van der Waals surface area contributed by atoms with Gasteiger partial charge in [0, 0.05) is 48.7 Å². The second-order valence-electron chi connectivity index (χ2n) is 19.9. The zero-order chi connectivity index (χ0) is 46.2. The summed E-state index contributed by atoms with van der Waals surface area (Å²) in [6, 6.07) is 24.6. The van der Waals surface area contributed by atoms with Crippen molar-refractivity contribution < 1.29 is 38.7 Å².